The van der Waals surface area contributed by atoms with Crippen LogP contribution in [0.3, 0.4) is 0 Å². The normalized spacial score (nSPS) is 15.3. The maximum Gasteiger partial charge on any atom is 0.345 e. The second-order valence-electron chi connectivity index (χ2n) is 7.27. The maximum atomic E-state index is 12.5. The molecule has 2 N–H and O–H groups in total. The Morgan fingerprint density at radius 1 is 1.27 bits per heavy atom. The molecule has 1 aliphatic heterocycles. The summed E-state index contributed by atoms with van der Waals surface area (Å²) in [6.45, 7) is 5.94. The first-order chi connectivity index (χ1) is 12.5. The minimum atomic E-state index is -0.466. The smallest absolute Gasteiger partial charge is 0.345 e. The number of anilines is 1. The molecule has 138 valence electrons. The molecule has 2 aromatic rings. The van der Waals surface area contributed by atoms with E-state index in [1.807, 2.05) is 18.2 Å². The van der Waals surface area contributed by atoms with Crippen molar-refractivity contribution in [3.05, 3.63) is 58.3 Å². The average Bonchev–Trinajstić information content (AvgIpc) is 2.62. The summed E-state index contributed by atoms with van der Waals surface area (Å²) in [6.07, 6.45) is 2.47. The largest absolute Gasteiger partial charge is 0.371 e. The van der Waals surface area contributed by atoms with Crippen LogP contribution < -0.4 is 15.9 Å². The number of amides is 1. The van der Waals surface area contributed by atoms with E-state index >= 15 is 0 Å². The van der Waals surface area contributed by atoms with Crippen LogP contribution in [0.15, 0.2) is 41.2 Å². The van der Waals surface area contributed by atoms with Crippen LogP contribution >= 0.6 is 0 Å². The first-order valence-corrected chi connectivity index (χ1v) is 9.22. The zero-order chi connectivity index (χ0) is 18.5. The third-order valence-electron chi connectivity index (χ3n) is 4.61. The van der Waals surface area contributed by atoms with Gasteiger partial charge in [-0.3, -0.25) is 4.79 Å². The number of rotatable bonds is 5. The summed E-state index contributed by atoms with van der Waals surface area (Å²) >= 11 is 0. The van der Waals surface area contributed by atoms with Crippen molar-refractivity contribution in [3.63, 3.8) is 0 Å². The van der Waals surface area contributed by atoms with Crippen LogP contribution in [0.4, 0.5) is 5.69 Å². The van der Waals surface area contributed by atoms with Crippen molar-refractivity contribution in [3.8, 4) is 0 Å². The molecule has 0 atom stereocenters. The molecule has 0 radical (unpaired) electrons. The number of aromatic nitrogens is 2. The Labute approximate surface area is 153 Å². The predicted octanol–water partition coefficient (Wildman–Crippen LogP) is 2.37. The van der Waals surface area contributed by atoms with Gasteiger partial charge in [-0.05, 0) is 43.4 Å². The fraction of sp³-hybridized carbons (Fsp3) is 0.450. The summed E-state index contributed by atoms with van der Waals surface area (Å²) in [5.41, 5.74) is 1.71. The van der Waals surface area contributed by atoms with Crippen molar-refractivity contribution in [1.29, 1.82) is 0 Å². The highest BCUT2D eigenvalue weighted by atomic mass is 16.2. The molecule has 26 heavy (non-hydrogen) atoms. The van der Waals surface area contributed by atoms with E-state index in [1.54, 1.807) is 6.07 Å². The van der Waals surface area contributed by atoms with Crippen LogP contribution in [0.1, 0.15) is 42.9 Å². The molecule has 0 spiro atoms. The van der Waals surface area contributed by atoms with Crippen molar-refractivity contribution in [2.75, 3.05) is 18.0 Å². The van der Waals surface area contributed by atoms with Crippen LogP contribution in [0.2, 0.25) is 0 Å². The third kappa shape index (κ3) is 4.71. The lowest BCUT2D eigenvalue weighted by Crippen LogP contribution is -2.45. The molecular weight excluding hydrogens is 328 g/mol. The number of aromatic amines is 1. The van der Waals surface area contributed by atoms with E-state index in [0.717, 1.165) is 31.6 Å². The second kappa shape index (κ2) is 8.17. The highest BCUT2D eigenvalue weighted by molar-refractivity contribution is 5.92. The molecule has 1 aliphatic rings. The first-order valence-electron chi connectivity index (χ1n) is 9.22. The topological polar surface area (TPSA) is 78.1 Å². The number of nitrogens with zero attached hydrogens (tertiary/aromatic N) is 2. The number of benzene rings is 1. The second-order valence-corrected chi connectivity index (χ2v) is 7.27. The summed E-state index contributed by atoms with van der Waals surface area (Å²) < 4.78 is 0. The summed E-state index contributed by atoms with van der Waals surface area (Å²) in [7, 11) is 0. The van der Waals surface area contributed by atoms with Crippen LogP contribution in [-0.4, -0.2) is 35.0 Å². The van der Waals surface area contributed by atoms with Crippen molar-refractivity contribution in [1.82, 2.24) is 15.3 Å². The quantitative estimate of drug-likeness (QED) is 0.864. The number of para-hydroxylation sites is 1. The molecule has 1 saturated heterocycles. The number of H-pyrrole nitrogens is 1. The number of carbonyl (C=O) groups is 1. The number of carbonyl (C=O) groups excluding carboxylic acids is 1. The molecule has 2 heterocycles. The molecule has 0 bridgehead atoms. The van der Waals surface area contributed by atoms with Crippen molar-refractivity contribution < 1.29 is 4.79 Å². The molecule has 0 unspecified atom stereocenters. The average molecular weight is 354 g/mol. The predicted molar refractivity (Wildman–Crippen MR) is 103 cm³/mol. The fourth-order valence-electron chi connectivity index (χ4n) is 3.35. The maximum absolute atomic E-state index is 12.5. The molecule has 1 aromatic heterocycles. The monoisotopic (exact) mass is 354 g/mol. The van der Waals surface area contributed by atoms with E-state index in [1.165, 1.54) is 5.69 Å². The standard InChI is InChI=1S/C20H26N4O2/c1-14(2)12-16-13-18(23-20(26)22-16)19(25)21-15-8-10-24(11-9-15)17-6-4-3-5-7-17/h3-7,13-15H,8-12H2,1-2H3,(H,21,25)(H,22,23,26). The van der Waals surface area contributed by atoms with E-state index in [2.05, 4.69) is 46.2 Å². The molecule has 1 amide bonds. The molecule has 1 aromatic carbocycles. The van der Waals surface area contributed by atoms with E-state index < -0.39 is 5.69 Å². The highest BCUT2D eigenvalue weighted by Gasteiger charge is 2.22. The van der Waals surface area contributed by atoms with Gasteiger partial charge in [-0.15, -0.1) is 0 Å². The van der Waals surface area contributed by atoms with Crippen molar-refractivity contribution in [2.45, 2.75) is 39.2 Å². The van der Waals surface area contributed by atoms with E-state index in [-0.39, 0.29) is 17.6 Å². The molecular formula is C20H26N4O2. The lowest BCUT2D eigenvalue weighted by molar-refractivity contribution is 0.0925. The van der Waals surface area contributed by atoms with Gasteiger partial charge in [-0.25, -0.2) is 4.79 Å². The Kier molecular flexibility index (Phi) is 5.71. The Bertz CT molecular complexity index is 793. The molecule has 6 nitrogen and oxygen atoms in total. The van der Waals surface area contributed by atoms with Gasteiger partial charge in [-0.2, -0.15) is 4.98 Å². The molecule has 1 fully saturated rings. The van der Waals surface area contributed by atoms with Crippen LogP contribution in [0.5, 0.6) is 0 Å². The van der Waals surface area contributed by atoms with Gasteiger partial charge in [0.2, 0.25) is 0 Å². The first kappa shape index (κ1) is 18.2. The third-order valence-corrected chi connectivity index (χ3v) is 4.61. The van der Waals surface area contributed by atoms with Crippen molar-refractivity contribution in [2.24, 2.45) is 5.92 Å². The van der Waals surface area contributed by atoms with E-state index in [9.17, 15) is 9.59 Å². The van der Waals surface area contributed by atoms with Crippen molar-refractivity contribution >= 4 is 11.6 Å². The Morgan fingerprint density at radius 2 is 1.96 bits per heavy atom. The number of piperidine rings is 1. The minimum Gasteiger partial charge on any atom is -0.371 e. The molecule has 0 saturated carbocycles. The molecule has 3 rings (SSSR count). The number of hydrogen-bond donors (Lipinski definition) is 2. The van der Waals surface area contributed by atoms with Gasteiger partial charge in [0.05, 0.1) is 0 Å². The Hall–Kier alpha value is -2.63. The lowest BCUT2D eigenvalue weighted by atomic mass is 10.0. The van der Waals surface area contributed by atoms with Gasteiger partial charge < -0.3 is 15.2 Å². The lowest BCUT2D eigenvalue weighted by Gasteiger charge is -2.33. The SMILES string of the molecule is CC(C)Cc1cc(C(=O)NC2CCN(c3ccccc3)CC2)nc(=O)[nH]1. The zero-order valence-electron chi connectivity index (χ0n) is 15.4. The Balaban J connectivity index is 1.59. The van der Waals surface area contributed by atoms with E-state index in [0.29, 0.717) is 12.3 Å². The summed E-state index contributed by atoms with van der Waals surface area (Å²) in [6, 6.07) is 12.1. The minimum absolute atomic E-state index is 0.108. The zero-order valence-corrected chi connectivity index (χ0v) is 15.4. The highest BCUT2D eigenvalue weighted by Crippen LogP contribution is 2.19. The number of hydrogen-bond acceptors (Lipinski definition) is 4. The van der Waals surface area contributed by atoms with Crippen LogP contribution in [-0.2, 0) is 6.42 Å². The van der Waals surface area contributed by atoms with E-state index in [4.69, 9.17) is 0 Å². The Morgan fingerprint density at radius 3 is 2.62 bits per heavy atom. The van der Waals surface area contributed by atoms with Gasteiger partial charge >= 0.3 is 5.69 Å². The fourth-order valence-corrected chi connectivity index (χ4v) is 3.35. The van der Waals surface area contributed by atoms with Gasteiger partial charge in [0.1, 0.15) is 5.69 Å². The van der Waals surface area contributed by atoms with Gasteiger partial charge in [-0.1, -0.05) is 32.0 Å². The number of nitrogens with one attached hydrogen (secondary N) is 2. The summed E-state index contributed by atoms with van der Waals surface area (Å²) in [5.74, 6) is 0.130. The summed E-state index contributed by atoms with van der Waals surface area (Å²) in [5, 5.41) is 3.03. The van der Waals surface area contributed by atoms with Gasteiger partial charge in [0.25, 0.3) is 5.91 Å². The molecule has 6 heteroatoms. The molecule has 0 aliphatic carbocycles. The summed E-state index contributed by atoms with van der Waals surface area (Å²) in [4.78, 5) is 33.1. The van der Waals surface area contributed by atoms with Gasteiger partial charge in [0, 0.05) is 30.5 Å². The van der Waals surface area contributed by atoms with Gasteiger partial charge in [0.15, 0.2) is 0 Å². The van der Waals surface area contributed by atoms with Crippen LogP contribution in [0, 0.1) is 5.92 Å². The van der Waals surface area contributed by atoms with Crippen LogP contribution in [0.25, 0.3) is 0 Å².